The summed E-state index contributed by atoms with van der Waals surface area (Å²) < 4.78 is 34.7. The number of carboxylic acids is 1. The number of aliphatic carboxylic acids is 1. The molecule has 18 atom stereocenters. The van der Waals surface area contributed by atoms with E-state index in [0.717, 1.165) is 90.4 Å². The number of rotatable bonds is 43. The SMILES string of the molecule is CCCCC/C=C\C/C=C\CCCCCCCCCC(=O)NC(COC1OC(CO)C(OC2OC(CO)C(O)C(OC3(C(=O)O)CC(O)C(NC(C)=O)C(C(O)C(O)CO)O3)C2O)C(O)C1O)C(O)CCCCCCCCCCCC. The third kappa shape index (κ3) is 25.0. The summed E-state index contributed by atoms with van der Waals surface area (Å²) in [4.78, 5) is 38.4. The first-order valence-corrected chi connectivity index (χ1v) is 30.2. The minimum Gasteiger partial charge on any atom is -0.477 e. The Morgan fingerprint density at radius 2 is 1.19 bits per heavy atom. The Bertz CT molecular complexity index is 1770. The van der Waals surface area contributed by atoms with Gasteiger partial charge in [-0.1, -0.05) is 147 Å². The number of hydrogen-bond acceptors (Lipinski definition) is 20. The van der Waals surface area contributed by atoms with Gasteiger partial charge in [-0.2, -0.15) is 0 Å². The van der Waals surface area contributed by atoms with Gasteiger partial charge in [-0.15, -0.1) is 0 Å². The highest BCUT2D eigenvalue weighted by atomic mass is 16.8. The first kappa shape index (κ1) is 72.5. The molecule has 0 radical (unpaired) electrons. The summed E-state index contributed by atoms with van der Waals surface area (Å²) in [6.07, 6.45) is 5.03. The zero-order valence-electron chi connectivity index (χ0n) is 48.4. The lowest BCUT2D eigenvalue weighted by Gasteiger charge is -2.50. The van der Waals surface area contributed by atoms with Crippen molar-refractivity contribution in [1.29, 1.82) is 0 Å². The molecule has 3 heterocycles. The van der Waals surface area contributed by atoms with Crippen molar-refractivity contribution in [2.24, 2.45) is 0 Å². The van der Waals surface area contributed by atoms with Crippen molar-refractivity contribution in [2.45, 2.75) is 298 Å². The molecular formula is C58H104N2O21. The normalized spacial score (nSPS) is 30.6. The highest BCUT2D eigenvalue weighted by Crippen LogP contribution is 2.38. The largest absolute Gasteiger partial charge is 0.477 e. The van der Waals surface area contributed by atoms with E-state index in [1.54, 1.807) is 0 Å². The number of carbonyl (C=O) groups is 3. The number of aliphatic hydroxyl groups excluding tert-OH is 11. The van der Waals surface area contributed by atoms with E-state index >= 15 is 0 Å². The van der Waals surface area contributed by atoms with Crippen LogP contribution in [0.3, 0.4) is 0 Å². The number of hydrogen-bond donors (Lipinski definition) is 14. The summed E-state index contributed by atoms with van der Waals surface area (Å²) in [6, 6.07) is -2.53. The molecule has 3 aliphatic heterocycles. The van der Waals surface area contributed by atoms with E-state index in [9.17, 15) is 75.7 Å². The second-order valence-electron chi connectivity index (χ2n) is 22.2. The Morgan fingerprint density at radius 3 is 1.75 bits per heavy atom. The molecule has 472 valence electrons. The van der Waals surface area contributed by atoms with E-state index < -0.39 is 148 Å². The van der Waals surface area contributed by atoms with Gasteiger partial charge >= 0.3 is 5.97 Å². The second kappa shape index (κ2) is 40.5. The fraction of sp³-hybridized carbons (Fsp3) is 0.879. The molecule has 14 N–H and O–H groups in total. The first-order valence-electron chi connectivity index (χ1n) is 30.2. The number of aliphatic hydroxyl groups is 11. The minimum atomic E-state index is -3.08. The molecule has 3 fully saturated rings. The number of carboxylic acid groups (broad SMARTS) is 1. The molecule has 3 saturated heterocycles. The lowest BCUT2D eigenvalue weighted by atomic mass is 9.88. The Hall–Kier alpha value is -2.79. The molecule has 3 rings (SSSR count). The molecule has 81 heavy (non-hydrogen) atoms. The maximum absolute atomic E-state index is 13.4. The number of amides is 2. The van der Waals surface area contributed by atoms with Crippen LogP contribution in [0.5, 0.6) is 0 Å². The zero-order chi connectivity index (χ0) is 59.7. The van der Waals surface area contributed by atoms with Gasteiger partial charge in [-0.3, -0.25) is 9.59 Å². The van der Waals surface area contributed by atoms with Crippen LogP contribution in [0.4, 0.5) is 0 Å². The van der Waals surface area contributed by atoms with E-state index in [2.05, 4.69) is 48.8 Å². The third-order valence-electron chi connectivity index (χ3n) is 15.4. The van der Waals surface area contributed by atoms with Gasteiger partial charge in [0.15, 0.2) is 12.6 Å². The van der Waals surface area contributed by atoms with Crippen molar-refractivity contribution in [2.75, 3.05) is 26.4 Å². The summed E-state index contributed by atoms with van der Waals surface area (Å²) in [7, 11) is 0. The van der Waals surface area contributed by atoms with Gasteiger partial charge in [0, 0.05) is 19.8 Å². The highest BCUT2D eigenvalue weighted by molar-refractivity contribution is 5.77. The van der Waals surface area contributed by atoms with Crippen molar-refractivity contribution in [3.63, 3.8) is 0 Å². The van der Waals surface area contributed by atoms with Gasteiger partial charge in [0.25, 0.3) is 5.79 Å². The van der Waals surface area contributed by atoms with Crippen molar-refractivity contribution >= 4 is 17.8 Å². The monoisotopic (exact) mass is 1160 g/mol. The van der Waals surface area contributed by atoms with Crippen molar-refractivity contribution in [3.8, 4) is 0 Å². The average molecular weight is 1170 g/mol. The van der Waals surface area contributed by atoms with E-state index in [1.807, 2.05) is 0 Å². The Labute approximate surface area is 479 Å². The van der Waals surface area contributed by atoms with Crippen LogP contribution in [0.25, 0.3) is 0 Å². The lowest BCUT2D eigenvalue weighted by molar-refractivity contribution is -0.386. The smallest absolute Gasteiger partial charge is 0.364 e. The zero-order valence-corrected chi connectivity index (χ0v) is 48.4. The summed E-state index contributed by atoms with van der Waals surface area (Å²) in [6.45, 7) is 2.10. The van der Waals surface area contributed by atoms with Crippen molar-refractivity contribution in [3.05, 3.63) is 24.3 Å². The third-order valence-corrected chi connectivity index (χ3v) is 15.4. The molecule has 2 amide bonds. The number of nitrogens with one attached hydrogen (secondary N) is 2. The number of carbonyl (C=O) groups excluding carboxylic acids is 2. The molecule has 0 aromatic rings. The van der Waals surface area contributed by atoms with E-state index in [1.165, 1.54) is 51.4 Å². The Kier molecular flexibility index (Phi) is 36.2. The van der Waals surface area contributed by atoms with Crippen LogP contribution in [0.1, 0.15) is 188 Å². The van der Waals surface area contributed by atoms with Gasteiger partial charge in [0.1, 0.15) is 67.1 Å². The number of unbranched alkanes of at least 4 members (excludes halogenated alkanes) is 19. The molecule has 0 saturated carbocycles. The molecule has 0 spiro atoms. The van der Waals surface area contributed by atoms with Crippen molar-refractivity contribution in [1.82, 2.24) is 10.6 Å². The quantitative estimate of drug-likeness (QED) is 0.0308. The van der Waals surface area contributed by atoms with E-state index in [0.29, 0.717) is 19.3 Å². The standard InChI is InChI=1S/C58H104N2O21/c1-4-6-8-10-12-14-16-17-18-19-20-21-22-24-26-28-30-32-45(68)60-39(40(65)31-29-27-25-23-15-13-11-9-7-5-2)37-76-55-50(72)49(71)52(44(36-63)78-55)79-56-51(73)54(48(70)43(35-62)77-56)81-58(57(74)75)33-41(66)46(59-38(3)64)53(80-58)47(69)42(67)34-61/h12,14,17-18,39-44,46-56,61-63,65-67,69-73H,4-11,13,15-16,19-37H2,1-3H3,(H,59,64)(H,60,68)(H,74,75)/b14-12-,18-17-. The maximum Gasteiger partial charge on any atom is 0.364 e. The summed E-state index contributed by atoms with van der Waals surface area (Å²) in [5, 5.41) is 135. The molecule has 3 aliphatic rings. The van der Waals surface area contributed by atoms with Gasteiger partial charge in [-0.05, 0) is 44.9 Å². The van der Waals surface area contributed by atoms with Crippen LogP contribution in [0, 0.1) is 0 Å². The maximum atomic E-state index is 13.4. The molecule has 23 nitrogen and oxygen atoms in total. The van der Waals surface area contributed by atoms with Crippen LogP contribution < -0.4 is 10.6 Å². The fourth-order valence-corrected chi connectivity index (χ4v) is 10.5. The van der Waals surface area contributed by atoms with E-state index in [4.69, 9.17) is 28.4 Å². The highest BCUT2D eigenvalue weighted by Gasteiger charge is 2.60. The van der Waals surface area contributed by atoms with Gasteiger partial charge in [0.2, 0.25) is 11.8 Å². The Balaban J connectivity index is 1.65. The van der Waals surface area contributed by atoms with Crippen LogP contribution >= 0.6 is 0 Å². The van der Waals surface area contributed by atoms with Crippen LogP contribution in [-0.2, 0) is 42.8 Å². The van der Waals surface area contributed by atoms with Gasteiger partial charge in [-0.25, -0.2) is 4.79 Å². The van der Waals surface area contributed by atoms with Crippen LogP contribution in [0.15, 0.2) is 24.3 Å². The molecule has 18 unspecified atom stereocenters. The molecule has 23 heteroatoms. The molecule has 0 bridgehead atoms. The molecular weight excluding hydrogens is 1060 g/mol. The van der Waals surface area contributed by atoms with Crippen LogP contribution in [0.2, 0.25) is 0 Å². The number of allylic oxidation sites excluding steroid dienone is 4. The summed E-state index contributed by atoms with van der Waals surface area (Å²) >= 11 is 0. The van der Waals surface area contributed by atoms with Gasteiger partial charge < -0.3 is 100 Å². The predicted molar refractivity (Wildman–Crippen MR) is 297 cm³/mol. The Morgan fingerprint density at radius 1 is 0.642 bits per heavy atom. The molecule has 0 aliphatic carbocycles. The first-order chi connectivity index (χ1) is 38.9. The van der Waals surface area contributed by atoms with Crippen molar-refractivity contribution < 1.29 is 104 Å². The lowest BCUT2D eigenvalue weighted by Crippen LogP contribution is -2.70. The molecule has 0 aromatic heterocycles. The van der Waals surface area contributed by atoms with E-state index in [-0.39, 0.29) is 18.9 Å². The summed E-state index contributed by atoms with van der Waals surface area (Å²) in [5.74, 6) is -6.12. The topological polar surface area (TPSA) is 373 Å². The van der Waals surface area contributed by atoms with Crippen LogP contribution in [-0.4, -0.2) is 215 Å². The predicted octanol–water partition coefficient (Wildman–Crippen LogP) is 2.55. The average Bonchev–Trinajstić information content (AvgIpc) is 3.48. The second-order valence-corrected chi connectivity index (χ2v) is 22.2. The summed E-state index contributed by atoms with van der Waals surface area (Å²) in [5.41, 5.74) is 0. The fourth-order valence-electron chi connectivity index (χ4n) is 10.5. The molecule has 0 aromatic carbocycles. The van der Waals surface area contributed by atoms with Gasteiger partial charge in [0.05, 0.1) is 50.7 Å². The minimum absolute atomic E-state index is 0.213. The number of ether oxygens (including phenoxy) is 6.